The molecule has 2 rings (SSSR count). The topological polar surface area (TPSA) is 68.9 Å². The molecule has 4 heteroatoms. The van der Waals surface area contributed by atoms with Crippen LogP contribution in [0.15, 0.2) is 36.7 Å². The molecule has 1 amide bonds. The number of carbonyl (C=O) groups excluding carboxylic acids is 1. The first-order chi connectivity index (χ1) is 8.59. The fraction of sp³-hybridized carbons (Fsp3) is 0.214. The van der Waals surface area contributed by atoms with Crippen LogP contribution in [0.2, 0.25) is 0 Å². The van der Waals surface area contributed by atoms with Crippen LogP contribution in [0.5, 0.6) is 0 Å². The highest BCUT2D eigenvalue weighted by Gasteiger charge is 2.15. The highest BCUT2D eigenvalue weighted by Crippen LogP contribution is 2.25. The van der Waals surface area contributed by atoms with Gasteiger partial charge in [0.15, 0.2) is 0 Å². The van der Waals surface area contributed by atoms with Crippen LogP contribution in [0, 0.1) is 6.92 Å². The lowest BCUT2D eigenvalue weighted by atomic mass is 9.91. The van der Waals surface area contributed by atoms with Crippen molar-refractivity contribution in [3.63, 3.8) is 0 Å². The zero-order valence-electron chi connectivity index (χ0n) is 10.4. The summed E-state index contributed by atoms with van der Waals surface area (Å²) in [5, 5.41) is 0. The molecule has 0 unspecified atom stereocenters. The molecule has 2 N–H and O–H groups in total. The SMILES string of the molecule is Cc1ncc([C@H](C)c2ccccc2C(N)=O)cn1. The van der Waals surface area contributed by atoms with E-state index in [2.05, 4.69) is 9.97 Å². The van der Waals surface area contributed by atoms with Crippen molar-refractivity contribution >= 4 is 5.91 Å². The Morgan fingerprint density at radius 3 is 2.44 bits per heavy atom. The van der Waals surface area contributed by atoms with Gasteiger partial charge in [-0.05, 0) is 24.1 Å². The summed E-state index contributed by atoms with van der Waals surface area (Å²) in [5.41, 5.74) is 7.80. The second kappa shape index (κ2) is 4.96. The van der Waals surface area contributed by atoms with Gasteiger partial charge >= 0.3 is 0 Å². The van der Waals surface area contributed by atoms with Crippen molar-refractivity contribution in [3.8, 4) is 0 Å². The Kier molecular flexibility index (Phi) is 3.37. The average Bonchev–Trinajstić information content (AvgIpc) is 2.39. The second-order valence-electron chi connectivity index (χ2n) is 4.24. The smallest absolute Gasteiger partial charge is 0.248 e. The van der Waals surface area contributed by atoms with Crippen LogP contribution in [-0.4, -0.2) is 15.9 Å². The number of aromatic nitrogens is 2. The lowest BCUT2D eigenvalue weighted by Crippen LogP contribution is -2.15. The molecule has 0 spiro atoms. The zero-order chi connectivity index (χ0) is 13.1. The van der Waals surface area contributed by atoms with Crippen molar-refractivity contribution in [3.05, 3.63) is 59.2 Å². The van der Waals surface area contributed by atoms with Gasteiger partial charge in [-0.25, -0.2) is 9.97 Å². The van der Waals surface area contributed by atoms with Crippen LogP contribution < -0.4 is 5.73 Å². The highest BCUT2D eigenvalue weighted by molar-refractivity contribution is 5.94. The first-order valence-corrected chi connectivity index (χ1v) is 5.77. The molecule has 0 radical (unpaired) electrons. The van der Waals surface area contributed by atoms with Gasteiger partial charge in [-0.1, -0.05) is 25.1 Å². The van der Waals surface area contributed by atoms with Crippen LogP contribution >= 0.6 is 0 Å². The fourth-order valence-corrected chi connectivity index (χ4v) is 1.90. The fourth-order valence-electron chi connectivity index (χ4n) is 1.90. The number of hydrogen-bond acceptors (Lipinski definition) is 3. The molecule has 92 valence electrons. The summed E-state index contributed by atoms with van der Waals surface area (Å²) in [5.74, 6) is 0.355. The quantitative estimate of drug-likeness (QED) is 0.894. The van der Waals surface area contributed by atoms with Crippen LogP contribution in [0.25, 0.3) is 0 Å². The molecule has 0 aliphatic heterocycles. The monoisotopic (exact) mass is 241 g/mol. The van der Waals surface area contributed by atoms with Gasteiger partial charge in [0.05, 0.1) is 0 Å². The molecule has 0 aliphatic rings. The molecule has 18 heavy (non-hydrogen) atoms. The summed E-state index contributed by atoms with van der Waals surface area (Å²) < 4.78 is 0. The molecule has 1 heterocycles. The molecule has 0 saturated heterocycles. The molecular weight excluding hydrogens is 226 g/mol. The maximum absolute atomic E-state index is 11.4. The minimum atomic E-state index is -0.412. The van der Waals surface area contributed by atoms with Gasteiger partial charge in [-0.2, -0.15) is 0 Å². The summed E-state index contributed by atoms with van der Waals surface area (Å²) in [6, 6.07) is 7.35. The van der Waals surface area contributed by atoms with Gasteiger partial charge in [0.1, 0.15) is 5.82 Å². The Morgan fingerprint density at radius 2 is 1.83 bits per heavy atom. The molecule has 1 aromatic carbocycles. The molecule has 4 nitrogen and oxygen atoms in total. The van der Waals surface area contributed by atoms with Crippen LogP contribution in [0.4, 0.5) is 0 Å². The third-order valence-electron chi connectivity index (χ3n) is 2.99. The maximum Gasteiger partial charge on any atom is 0.248 e. The minimum Gasteiger partial charge on any atom is -0.366 e. The van der Waals surface area contributed by atoms with E-state index in [1.807, 2.05) is 32.0 Å². The Morgan fingerprint density at radius 1 is 1.22 bits per heavy atom. The van der Waals surface area contributed by atoms with Crippen molar-refractivity contribution < 1.29 is 4.79 Å². The summed E-state index contributed by atoms with van der Waals surface area (Å²) in [7, 11) is 0. The van der Waals surface area contributed by atoms with E-state index >= 15 is 0 Å². The Balaban J connectivity index is 2.42. The molecule has 0 saturated carbocycles. The largest absolute Gasteiger partial charge is 0.366 e. The van der Waals surface area contributed by atoms with Crippen molar-refractivity contribution in [2.45, 2.75) is 19.8 Å². The van der Waals surface area contributed by atoms with Gasteiger partial charge < -0.3 is 5.73 Å². The van der Waals surface area contributed by atoms with E-state index in [0.717, 1.165) is 17.0 Å². The molecular formula is C14H15N3O. The normalized spacial score (nSPS) is 12.1. The van der Waals surface area contributed by atoms with Crippen molar-refractivity contribution in [2.75, 3.05) is 0 Å². The molecule has 0 bridgehead atoms. The molecule has 0 aliphatic carbocycles. The highest BCUT2D eigenvalue weighted by atomic mass is 16.1. The number of nitrogens with two attached hydrogens (primary N) is 1. The van der Waals surface area contributed by atoms with Crippen molar-refractivity contribution in [1.29, 1.82) is 0 Å². The van der Waals surface area contributed by atoms with E-state index in [0.29, 0.717) is 5.56 Å². The van der Waals surface area contributed by atoms with Crippen molar-refractivity contribution in [2.24, 2.45) is 5.73 Å². The van der Waals surface area contributed by atoms with Crippen molar-refractivity contribution in [1.82, 2.24) is 9.97 Å². The van der Waals surface area contributed by atoms with E-state index in [-0.39, 0.29) is 5.92 Å². The van der Waals surface area contributed by atoms with E-state index in [1.54, 1.807) is 18.5 Å². The third kappa shape index (κ3) is 2.37. The number of amides is 1. The van der Waals surface area contributed by atoms with Gasteiger partial charge in [0, 0.05) is 23.9 Å². The predicted octanol–water partition coefficient (Wildman–Crippen LogP) is 2.04. The van der Waals surface area contributed by atoms with Gasteiger partial charge in [0.25, 0.3) is 0 Å². The first kappa shape index (κ1) is 12.2. The van der Waals surface area contributed by atoms with Gasteiger partial charge in [0.2, 0.25) is 5.91 Å². The first-order valence-electron chi connectivity index (χ1n) is 5.77. The number of benzene rings is 1. The summed E-state index contributed by atoms with van der Waals surface area (Å²) in [6.45, 7) is 3.85. The zero-order valence-corrected chi connectivity index (χ0v) is 10.4. The molecule has 0 fully saturated rings. The van der Waals surface area contributed by atoms with Gasteiger partial charge in [-0.15, -0.1) is 0 Å². The number of nitrogens with zero attached hydrogens (tertiary/aromatic N) is 2. The summed E-state index contributed by atoms with van der Waals surface area (Å²) in [4.78, 5) is 19.7. The van der Waals surface area contributed by atoms with E-state index in [4.69, 9.17) is 5.73 Å². The number of carbonyl (C=O) groups is 1. The number of primary amides is 1. The lowest BCUT2D eigenvalue weighted by Gasteiger charge is -2.14. The van der Waals surface area contributed by atoms with Crippen LogP contribution in [0.3, 0.4) is 0 Å². The maximum atomic E-state index is 11.4. The van der Waals surface area contributed by atoms with E-state index in [1.165, 1.54) is 0 Å². The van der Waals surface area contributed by atoms with Crippen LogP contribution in [0.1, 0.15) is 40.2 Å². The van der Waals surface area contributed by atoms with Gasteiger partial charge in [-0.3, -0.25) is 4.79 Å². The molecule has 2 aromatic rings. The predicted molar refractivity (Wildman–Crippen MR) is 69.2 cm³/mol. The Hall–Kier alpha value is -2.23. The number of hydrogen-bond donors (Lipinski definition) is 1. The minimum absolute atomic E-state index is 0.0364. The van der Waals surface area contributed by atoms with E-state index in [9.17, 15) is 4.79 Å². The molecule has 1 atom stereocenters. The second-order valence-corrected chi connectivity index (χ2v) is 4.24. The summed E-state index contributed by atoms with van der Waals surface area (Å²) in [6.07, 6.45) is 3.57. The number of rotatable bonds is 3. The lowest BCUT2D eigenvalue weighted by molar-refractivity contribution is 0.0999. The van der Waals surface area contributed by atoms with Crippen LogP contribution in [-0.2, 0) is 0 Å². The summed E-state index contributed by atoms with van der Waals surface area (Å²) >= 11 is 0. The Labute approximate surface area is 106 Å². The van der Waals surface area contributed by atoms with E-state index < -0.39 is 5.91 Å². The molecule has 1 aromatic heterocycles. The Bertz CT molecular complexity index is 564. The standard InChI is InChI=1S/C14H15N3O/c1-9(11-7-16-10(2)17-8-11)12-5-3-4-6-13(12)14(15)18/h3-9H,1-2H3,(H2,15,18)/t9-/m0/s1. The number of aryl methyl sites for hydroxylation is 1. The third-order valence-corrected chi connectivity index (χ3v) is 2.99. The average molecular weight is 241 g/mol.